The van der Waals surface area contributed by atoms with Crippen molar-refractivity contribution in [2.24, 2.45) is 0 Å². The SMILES string of the molecule is CCN1CCCC(NC(C)c2ccc(C)s2)C1. The number of rotatable bonds is 4. The van der Waals surface area contributed by atoms with Gasteiger partial charge in [-0.25, -0.2) is 0 Å². The molecule has 2 rings (SSSR count). The maximum absolute atomic E-state index is 3.78. The van der Waals surface area contributed by atoms with Crippen LogP contribution in [0, 0.1) is 6.92 Å². The largest absolute Gasteiger partial charge is 0.305 e. The lowest BCUT2D eigenvalue weighted by atomic mass is 10.0. The number of hydrogen-bond acceptors (Lipinski definition) is 3. The van der Waals surface area contributed by atoms with Crippen LogP contribution in [0.2, 0.25) is 0 Å². The van der Waals surface area contributed by atoms with Crippen molar-refractivity contribution in [3.63, 3.8) is 0 Å². The number of aryl methyl sites for hydroxylation is 1. The Bertz CT molecular complexity index is 348. The van der Waals surface area contributed by atoms with E-state index in [1.54, 1.807) is 0 Å². The summed E-state index contributed by atoms with van der Waals surface area (Å²) in [6.07, 6.45) is 2.66. The predicted molar refractivity (Wildman–Crippen MR) is 75.7 cm³/mol. The normalized spacial score (nSPS) is 23.8. The highest BCUT2D eigenvalue weighted by Gasteiger charge is 2.20. The second kappa shape index (κ2) is 5.98. The Morgan fingerprint density at radius 3 is 3.00 bits per heavy atom. The van der Waals surface area contributed by atoms with Gasteiger partial charge in [0.25, 0.3) is 0 Å². The quantitative estimate of drug-likeness (QED) is 0.885. The van der Waals surface area contributed by atoms with E-state index in [-0.39, 0.29) is 0 Å². The average Bonchev–Trinajstić information content (AvgIpc) is 2.76. The molecule has 0 amide bonds. The first kappa shape index (κ1) is 13.1. The van der Waals surface area contributed by atoms with Crippen molar-refractivity contribution in [2.45, 2.75) is 45.7 Å². The molecule has 0 spiro atoms. The second-order valence-corrected chi connectivity index (χ2v) is 6.39. The Labute approximate surface area is 109 Å². The van der Waals surface area contributed by atoms with Crippen LogP contribution >= 0.6 is 11.3 Å². The molecular weight excluding hydrogens is 228 g/mol. The number of piperidine rings is 1. The van der Waals surface area contributed by atoms with E-state index in [9.17, 15) is 0 Å². The molecular formula is C14H24N2S. The standard InChI is InChI=1S/C14H24N2S/c1-4-16-9-5-6-13(10-16)15-12(3)14-8-7-11(2)17-14/h7-8,12-13,15H,4-6,9-10H2,1-3H3. The zero-order valence-electron chi connectivity index (χ0n) is 11.2. The monoisotopic (exact) mass is 252 g/mol. The van der Waals surface area contributed by atoms with Gasteiger partial charge in [-0.3, -0.25) is 0 Å². The minimum absolute atomic E-state index is 0.496. The van der Waals surface area contributed by atoms with E-state index in [0.29, 0.717) is 12.1 Å². The van der Waals surface area contributed by atoms with Crippen LogP contribution in [0.4, 0.5) is 0 Å². The summed E-state index contributed by atoms with van der Waals surface area (Å²) in [6.45, 7) is 10.4. The summed E-state index contributed by atoms with van der Waals surface area (Å²) < 4.78 is 0. The third-order valence-corrected chi connectivity index (χ3v) is 4.81. The molecule has 0 bridgehead atoms. The smallest absolute Gasteiger partial charge is 0.0388 e. The topological polar surface area (TPSA) is 15.3 Å². The summed E-state index contributed by atoms with van der Waals surface area (Å²) in [5.41, 5.74) is 0. The van der Waals surface area contributed by atoms with Crippen LogP contribution in [0.5, 0.6) is 0 Å². The third-order valence-electron chi connectivity index (χ3n) is 3.63. The Balaban J connectivity index is 1.87. The predicted octanol–water partition coefficient (Wildman–Crippen LogP) is 3.19. The van der Waals surface area contributed by atoms with Gasteiger partial charge in [0.15, 0.2) is 0 Å². The first-order chi connectivity index (χ1) is 8.19. The van der Waals surface area contributed by atoms with Crippen molar-refractivity contribution in [3.8, 4) is 0 Å². The van der Waals surface area contributed by atoms with E-state index in [2.05, 4.69) is 43.1 Å². The minimum Gasteiger partial charge on any atom is -0.305 e. The van der Waals surface area contributed by atoms with Gasteiger partial charge in [-0.1, -0.05) is 6.92 Å². The number of nitrogens with zero attached hydrogens (tertiary/aromatic N) is 1. The molecule has 3 heteroatoms. The Morgan fingerprint density at radius 2 is 2.35 bits per heavy atom. The molecule has 0 aromatic carbocycles. The van der Waals surface area contributed by atoms with Gasteiger partial charge in [-0.15, -0.1) is 11.3 Å². The molecule has 1 N–H and O–H groups in total. The summed E-state index contributed by atoms with van der Waals surface area (Å²) in [5, 5.41) is 3.78. The van der Waals surface area contributed by atoms with Gasteiger partial charge in [0.2, 0.25) is 0 Å². The van der Waals surface area contributed by atoms with Crippen molar-refractivity contribution >= 4 is 11.3 Å². The van der Waals surface area contributed by atoms with E-state index < -0.39 is 0 Å². The molecule has 1 aromatic rings. The van der Waals surface area contributed by atoms with E-state index in [0.717, 1.165) is 0 Å². The zero-order valence-corrected chi connectivity index (χ0v) is 12.0. The third kappa shape index (κ3) is 3.54. The van der Waals surface area contributed by atoms with Crippen LogP contribution < -0.4 is 5.32 Å². The van der Waals surface area contributed by atoms with Crippen molar-refractivity contribution in [2.75, 3.05) is 19.6 Å². The van der Waals surface area contributed by atoms with Crippen molar-refractivity contribution < 1.29 is 0 Å². The molecule has 1 aliphatic rings. The Morgan fingerprint density at radius 1 is 1.53 bits per heavy atom. The van der Waals surface area contributed by atoms with Crippen molar-refractivity contribution in [3.05, 3.63) is 21.9 Å². The lowest BCUT2D eigenvalue weighted by Gasteiger charge is -2.33. The van der Waals surface area contributed by atoms with E-state index in [1.165, 1.54) is 42.2 Å². The van der Waals surface area contributed by atoms with Crippen LogP contribution in [0.3, 0.4) is 0 Å². The van der Waals surface area contributed by atoms with Gasteiger partial charge in [0, 0.05) is 28.4 Å². The van der Waals surface area contributed by atoms with E-state index >= 15 is 0 Å². The maximum atomic E-state index is 3.78. The van der Waals surface area contributed by atoms with E-state index in [1.807, 2.05) is 11.3 Å². The van der Waals surface area contributed by atoms with Crippen LogP contribution in [0.25, 0.3) is 0 Å². The van der Waals surface area contributed by atoms with Crippen LogP contribution in [0.15, 0.2) is 12.1 Å². The number of likely N-dealkylation sites (tertiary alicyclic amines) is 1. The van der Waals surface area contributed by atoms with Crippen LogP contribution in [-0.2, 0) is 0 Å². The van der Waals surface area contributed by atoms with Crippen molar-refractivity contribution in [1.82, 2.24) is 10.2 Å². The summed E-state index contributed by atoms with van der Waals surface area (Å²) in [7, 11) is 0. The second-order valence-electron chi connectivity index (χ2n) is 5.07. The number of nitrogens with one attached hydrogen (secondary N) is 1. The first-order valence-electron chi connectivity index (χ1n) is 6.73. The highest BCUT2D eigenvalue weighted by atomic mass is 32.1. The fourth-order valence-electron chi connectivity index (χ4n) is 2.60. The summed E-state index contributed by atoms with van der Waals surface area (Å²) >= 11 is 1.91. The molecule has 2 nitrogen and oxygen atoms in total. The molecule has 2 unspecified atom stereocenters. The van der Waals surface area contributed by atoms with Gasteiger partial charge < -0.3 is 10.2 Å². The number of thiophene rings is 1. The molecule has 1 aliphatic heterocycles. The first-order valence-corrected chi connectivity index (χ1v) is 7.55. The molecule has 2 atom stereocenters. The molecule has 0 aliphatic carbocycles. The van der Waals surface area contributed by atoms with E-state index in [4.69, 9.17) is 0 Å². The molecule has 2 heterocycles. The van der Waals surface area contributed by atoms with Crippen molar-refractivity contribution in [1.29, 1.82) is 0 Å². The highest BCUT2D eigenvalue weighted by Crippen LogP contribution is 2.23. The summed E-state index contributed by atoms with van der Waals surface area (Å²) in [4.78, 5) is 5.43. The highest BCUT2D eigenvalue weighted by molar-refractivity contribution is 7.12. The fraction of sp³-hybridized carbons (Fsp3) is 0.714. The van der Waals surface area contributed by atoms with Gasteiger partial charge in [0.1, 0.15) is 0 Å². The van der Waals surface area contributed by atoms with Gasteiger partial charge in [-0.2, -0.15) is 0 Å². The molecule has 1 saturated heterocycles. The van der Waals surface area contributed by atoms with Crippen LogP contribution in [-0.4, -0.2) is 30.6 Å². The minimum atomic E-state index is 0.496. The molecule has 1 fully saturated rings. The number of hydrogen-bond donors (Lipinski definition) is 1. The number of likely N-dealkylation sites (N-methyl/N-ethyl adjacent to an activating group) is 1. The Kier molecular flexibility index (Phi) is 4.60. The Hall–Kier alpha value is -0.380. The fourth-order valence-corrected chi connectivity index (χ4v) is 3.49. The average molecular weight is 252 g/mol. The molecule has 17 heavy (non-hydrogen) atoms. The van der Waals surface area contributed by atoms with Gasteiger partial charge in [-0.05, 0) is 51.9 Å². The lowest BCUT2D eigenvalue weighted by molar-refractivity contribution is 0.192. The maximum Gasteiger partial charge on any atom is 0.0388 e. The zero-order chi connectivity index (χ0) is 12.3. The summed E-state index contributed by atoms with van der Waals surface area (Å²) in [6, 6.07) is 5.65. The molecule has 0 saturated carbocycles. The van der Waals surface area contributed by atoms with Gasteiger partial charge in [0.05, 0.1) is 0 Å². The van der Waals surface area contributed by atoms with Gasteiger partial charge >= 0.3 is 0 Å². The summed E-state index contributed by atoms with van der Waals surface area (Å²) in [5.74, 6) is 0. The van der Waals surface area contributed by atoms with Crippen LogP contribution in [0.1, 0.15) is 42.5 Å². The lowest BCUT2D eigenvalue weighted by Crippen LogP contribution is -2.46. The molecule has 96 valence electrons. The molecule has 1 aromatic heterocycles. The molecule has 0 radical (unpaired) electrons.